The second kappa shape index (κ2) is 5.53. The average molecular weight is 102 g/mol. The van der Waals surface area contributed by atoms with Crippen LogP contribution in [0.15, 0.2) is 0 Å². The highest BCUT2D eigenvalue weighted by Crippen LogP contribution is 1.94. The van der Waals surface area contributed by atoms with Crippen molar-refractivity contribution in [3.05, 3.63) is 0 Å². The molecule has 0 heterocycles. The monoisotopic (exact) mass is 102 g/mol. The Labute approximate surface area is 51.3 Å². The number of unbranched alkanes of at least 4 members (excludes halogenated alkanes) is 2. The van der Waals surface area contributed by atoms with E-state index in [4.69, 9.17) is 0 Å². The minimum Gasteiger partial charge on any atom is -0.118 e. The average Bonchev–Trinajstić information content (AvgIpc) is 1.61. The maximum atomic E-state index is 2.73. The smallest absolute Gasteiger partial charge is 0.118 e. The summed E-state index contributed by atoms with van der Waals surface area (Å²) in [5, 5.41) is 1.27. The summed E-state index contributed by atoms with van der Waals surface area (Å²) >= 11 is 2.73. The lowest BCUT2D eigenvalue weighted by atomic mass is 10.3. The molecule has 0 amide bonds. The van der Waals surface area contributed by atoms with E-state index in [2.05, 4.69) is 23.2 Å². The molecule has 0 saturated carbocycles. The Morgan fingerprint density at radius 2 is 2.17 bits per heavy atom. The van der Waals surface area contributed by atoms with Crippen molar-refractivity contribution in [1.29, 1.82) is 0 Å². The zero-order valence-corrected chi connectivity index (χ0v) is 5.56. The van der Waals surface area contributed by atoms with Crippen LogP contribution in [-0.4, -0.2) is 16.3 Å². The molecule has 0 saturated heterocycles. The van der Waals surface area contributed by atoms with Crippen molar-refractivity contribution in [3.8, 4) is 0 Å². The van der Waals surface area contributed by atoms with Crippen molar-refractivity contribution in [2.24, 2.45) is 0 Å². The normalized spacial score (nSPS) is 8.83. The fraction of sp³-hybridized carbons (Fsp3) is 1.00. The maximum Gasteiger partial charge on any atom is 0.118 e. The molecule has 0 aromatic carbocycles. The number of hydrogen-bond donors (Lipinski definition) is 0. The standard InChI is InChI=1S/C5H11.Al.2H2/c1-3-5-4-2;;;/h1,3-5H2,2H3;;2*1H. The van der Waals surface area contributed by atoms with Crippen LogP contribution in [0.3, 0.4) is 0 Å². The van der Waals surface area contributed by atoms with Crippen LogP contribution in [0.1, 0.15) is 29.0 Å². The summed E-state index contributed by atoms with van der Waals surface area (Å²) in [5.41, 5.74) is 0. The van der Waals surface area contributed by atoms with Crippen molar-refractivity contribution in [2.45, 2.75) is 31.5 Å². The molecule has 0 fully saturated rings. The molecular weight excluding hydrogens is 87.0 g/mol. The van der Waals surface area contributed by atoms with E-state index in [9.17, 15) is 0 Å². The molecular formula is C5H15Al. The van der Waals surface area contributed by atoms with E-state index in [-0.39, 0.29) is 2.85 Å². The fourth-order valence-electron chi connectivity index (χ4n) is 0.394. The van der Waals surface area contributed by atoms with Crippen molar-refractivity contribution >= 4 is 16.3 Å². The minimum atomic E-state index is 0. The van der Waals surface area contributed by atoms with Gasteiger partial charge in [0, 0.05) is 2.85 Å². The summed E-state index contributed by atoms with van der Waals surface area (Å²) in [4.78, 5) is 0. The topological polar surface area (TPSA) is 0 Å². The van der Waals surface area contributed by atoms with Gasteiger partial charge in [0.1, 0.15) is 16.3 Å². The van der Waals surface area contributed by atoms with E-state index < -0.39 is 0 Å². The van der Waals surface area contributed by atoms with Crippen LogP contribution >= 0.6 is 0 Å². The van der Waals surface area contributed by atoms with E-state index in [0.29, 0.717) is 0 Å². The molecule has 0 bridgehead atoms. The van der Waals surface area contributed by atoms with Crippen LogP contribution in [0, 0.1) is 0 Å². The molecule has 0 nitrogen and oxygen atoms in total. The summed E-state index contributed by atoms with van der Waals surface area (Å²) < 4.78 is 0. The lowest BCUT2D eigenvalue weighted by Gasteiger charge is -1.86. The van der Waals surface area contributed by atoms with Crippen molar-refractivity contribution in [2.75, 3.05) is 0 Å². The van der Waals surface area contributed by atoms with Crippen LogP contribution in [0.2, 0.25) is 5.28 Å². The molecule has 6 heavy (non-hydrogen) atoms. The first-order valence-electron chi connectivity index (χ1n) is 2.62. The van der Waals surface area contributed by atoms with Gasteiger partial charge in [-0.25, -0.2) is 0 Å². The van der Waals surface area contributed by atoms with Crippen LogP contribution in [0.25, 0.3) is 0 Å². The first-order valence-corrected chi connectivity index (χ1v) is 3.43. The SMILES string of the molecule is CCCC[CH2][Al].[HH].[HH]. The van der Waals surface area contributed by atoms with Gasteiger partial charge in [-0.3, -0.25) is 0 Å². The predicted molar refractivity (Wildman–Crippen MR) is 34.3 cm³/mol. The highest BCUT2D eigenvalue weighted by molar-refractivity contribution is 6.08. The Hall–Kier alpha value is 0.532. The molecule has 0 aliphatic rings. The molecule has 0 aromatic heterocycles. The Morgan fingerprint density at radius 3 is 2.33 bits per heavy atom. The quantitative estimate of drug-likeness (QED) is 0.378. The molecule has 0 N–H and O–H groups in total. The summed E-state index contributed by atoms with van der Waals surface area (Å²) in [6.07, 6.45) is 4.11. The largest absolute Gasteiger partial charge is 0.118 e. The molecule has 0 aliphatic heterocycles. The van der Waals surface area contributed by atoms with Gasteiger partial charge in [-0.1, -0.05) is 26.2 Å². The highest BCUT2D eigenvalue weighted by atomic mass is 27.0. The van der Waals surface area contributed by atoms with Gasteiger partial charge in [-0.05, 0) is 0 Å². The second-order valence-electron chi connectivity index (χ2n) is 1.50. The third-order valence-corrected chi connectivity index (χ3v) is 1.22. The van der Waals surface area contributed by atoms with Crippen LogP contribution < -0.4 is 0 Å². The summed E-state index contributed by atoms with van der Waals surface area (Å²) in [7, 11) is 0. The van der Waals surface area contributed by atoms with E-state index in [1.54, 1.807) is 0 Å². The first kappa shape index (κ1) is 6.53. The molecule has 0 atom stereocenters. The molecule has 1 heteroatoms. The zero-order valence-electron chi connectivity index (χ0n) is 4.41. The summed E-state index contributed by atoms with van der Waals surface area (Å²) in [5.74, 6) is 0. The Morgan fingerprint density at radius 1 is 1.50 bits per heavy atom. The van der Waals surface area contributed by atoms with Gasteiger partial charge >= 0.3 is 0 Å². The van der Waals surface area contributed by atoms with E-state index in [0.717, 1.165) is 0 Å². The minimum absolute atomic E-state index is 0. The highest BCUT2D eigenvalue weighted by Gasteiger charge is 1.75. The molecule has 0 aromatic rings. The molecule has 0 unspecified atom stereocenters. The van der Waals surface area contributed by atoms with Crippen LogP contribution in [0.5, 0.6) is 0 Å². The molecule has 0 spiro atoms. The molecule has 0 aliphatic carbocycles. The van der Waals surface area contributed by atoms with Gasteiger partial charge in [0.25, 0.3) is 0 Å². The molecule has 0 rings (SSSR count). The lowest BCUT2D eigenvalue weighted by Crippen LogP contribution is -1.69. The Bertz CT molecular complexity index is 22.4. The summed E-state index contributed by atoms with van der Waals surface area (Å²) in [6.45, 7) is 2.22. The molecule has 38 valence electrons. The molecule has 2 radical (unpaired) electrons. The number of rotatable bonds is 3. The van der Waals surface area contributed by atoms with Gasteiger partial charge in [-0.2, -0.15) is 0 Å². The zero-order chi connectivity index (χ0) is 4.83. The van der Waals surface area contributed by atoms with E-state index >= 15 is 0 Å². The number of hydrogen-bond acceptors (Lipinski definition) is 0. The predicted octanol–water partition coefficient (Wildman–Crippen LogP) is 2.26. The van der Waals surface area contributed by atoms with Gasteiger partial charge < -0.3 is 0 Å². The van der Waals surface area contributed by atoms with Gasteiger partial charge in [0.05, 0.1) is 0 Å². The summed E-state index contributed by atoms with van der Waals surface area (Å²) in [6, 6.07) is 0. The Balaban J connectivity index is -0.000000125. The fourth-order valence-corrected chi connectivity index (χ4v) is 0.683. The van der Waals surface area contributed by atoms with Crippen molar-refractivity contribution < 1.29 is 2.85 Å². The third kappa shape index (κ3) is 4.53. The first-order chi connectivity index (χ1) is 2.91. The third-order valence-electron chi connectivity index (χ3n) is 0.808. The Kier molecular flexibility index (Phi) is 6.02. The van der Waals surface area contributed by atoms with Crippen LogP contribution in [0.4, 0.5) is 0 Å². The van der Waals surface area contributed by atoms with Crippen molar-refractivity contribution in [3.63, 3.8) is 0 Å². The lowest BCUT2D eigenvalue weighted by molar-refractivity contribution is 0.771. The van der Waals surface area contributed by atoms with E-state index in [1.165, 1.54) is 24.5 Å². The van der Waals surface area contributed by atoms with Gasteiger partial charge in [0.2, 0.25) is 0 Å². The van der Waals surface area contributed by atoms with Crippen molar-refractivity contribution in [1.82, 2.24) is 0 Å². The van der Waals surface area contributed by atoms with Gasteiger partial charge in [-0.15, -0.1) is 5.28 Å². The second-order valence-corrected chi connectivity index (χ2v) is 2.07. The maximum absolute atomic E-state index is 2.73. The van der Waals surface area contributed by atoms with Gasteiger partial charge in [0.15, 0.2) is 0 Å². The van der Waals surface area contributed by atoms with E-state index in [1.807, 2.05) is 0 Å². The van der Waals surface area contributed by atoms with Crippen LogP contribution in [-0.2, 0) is 0 Å².